The number of ether oxygens (including phenoxy) is 2. The first-order chi connectivity index (χ1) is 17.4. The van der Waals surface area contributed by atoms with Gasteiger partial charge in [0.1, 0.15) is 5.75 Å². The summed E-state index contributed by atoms with van der Waals surface area (Å²) in [6.45, 7) is 2.25. The highest BCUT2D eigenvalue weighted by molar-refractivity contribution is 5.71. The average Bonchev–Trinajstić information content (AvgIpc) is 3.17. The van der Waals surface area contributed by atoms with Crippen molar-refractivity contribution in [1.29, 1.82) is 0 Å². The largest absolute Gasteiger partial charge is 0.482 e. The second-order valence-corrected chi connectivity index (χ2v) is 11.2. The molecule has 1 aromatic carbocycles. The predicted octanol–water partition coefficient (Wildman–Crippen LogP) is 4.15. The van der Waals surface area contributed by atoms with E-state index < -0.39 is 11.9 Å². The van der Waals surface area contributed by atoms with Crippen LogP contribution in [0.4, 0.5) is 0 Å². The number of hydrogen-bond acceptors (Lipinski definition) is 6. The van der Waals surface area contributed by atoms with E-state index in [9.17, 15) is 19.8 Å². The number of hydrogen-bond donors (Lipinski definition) is 3. The van der Waals surface area contributed by atoms with Gasteiger partial charge in [-0.2, -0.15) is 0 Å². The van der Waals surface area contributed by atoms with E-state index in [0.717, 1.165) is 69.1 Å². The van der Waals surface area contributed by atoms with E-state index in [1.165, 1.54) is 5.56 Å². The molecule has 7 nitrogen and oxygen atoms in total. The van der Waals surface area contributed by atoms with Crippen LogP contribution in [0, 0.1) is 29.6 Å². The lowest BCUT2D eigenvalue weighted by molar-refractivity contribution is -0.149. The molecule has 7 heteroatoms. The maximum absolute atomic E-state index is 12.3. The minimum absolute atomic E-state index is 0.143. The number of carboxylic acid groups (broad SMARTS) is 1. The fourth-order valence-corrected chi connectivity index (χ4v) is 6.77. The summed E-state index contributed by atoms with van der Waals surface area (Å²) in [4.78, 5) is 23.4. The standard InChI is InChI=1S/C29H42O7/c1-2-4-22(30)11-12-23-24-13-20-5-3-6-27(25(20)14-21(24)15-26(23)31)35-17-28(32)36-16-18-7-9-19(10-8-18)29(33)34/h3,5-6,18-19,21-24,26,30-31H,2,4,7-17H2,1H3,(H,33,34)/t18?,19?,21-,22-,23+,24-,26+/m0/s1. The number of fused-ring (bicyclic) bond motifs is 2. The van der Waals surface area contributed by atoms with Gasteiger partial charge in [-0.15, -0.1) is 0 Å². The molecular formula is C29H42O7. The summed E-state index contributed by atoms with van der Waals surface area (Å²) in [5.74, 6) is 0.564. The zero-order chi connectivity index (χ0) is 25.7. The minimum atomic E-state index is -0.732. The Labute approximate surface area is 214 Å². The molecule has 2 saturated carbocycles. The third-order valence-corrected chi connectivity index (χ3v) is 8.82. The molecule has 1 aromatic rings. The van der Waals surface area contributed by atoms with Gasteiger partial charge in [-0.25, -0.2) is 4.79 Å². The molecule has 3 aliphatic carbocycles. The summed E-state index contributed by atoms with van der Waals surface area (Å²) >= 11 is 0. The summed E-state index contributed by atoms with van der Waals surface area (Å²) < 4.78 is 11.4. The molecule has 0 saturated heterocycles. The van der Waals surface area contributed by atoms with Crippen molar-refractivity contribution in [3.63, 3.8) is 0 Å². The molecule has 200 valence electrons. The smallest absolute Gasteiger partial charge is 0.344 e. The number of esters is 1. The molecule has 0 spiro atoms. The van der Waals surface area contributed by atoms with Crippen LogP contribution in [0.15, 0.2) is 18.2 Å². The van der Waals surface area contributed by atoms with Crippen LogP contribution in [-0.4, -0.2) is 52.7 Å². The van der Waals surface area contributed by atoms with Crippen LogP contribution in [0.25, 0.3) is 0 Å². The van der Waals surface area contributed by atoms with Crippen molar-refractivity contribution < 1.29 is 34.4 Å². The lowest BCUT2D eigenvalue weighted by Gasteiger charge is -2.32. The van der Waals surface area contributed by atoms with Gasteiger partial charge in [-0.3, -0.25) is 4.79 Å². The van der Waals surface area contributed by atoms with Crippen LogP contribution in [-0.2, 0) is 27.2 Å². The van der Waals surface area contributed by atoms with Gasteiger partial charge in [-0.05, 0) is 105 Å². The molecule has 36 heavy (non-hydrogen) atoms. The zero-order valence-electron chi connectivity index (χ0n) is 21.4. The van der Waals surface area contributed by atoms with E-state index in [-0.39, 0.29) is 36.6 Å². The molecule has 5 atom stereocenters. The highest BCUT2D eigenvalue weighted by Gasteiger charge is 2.44. The highest BCUT2D eigenvalue weighted by atomic mass is 16.6. The van der Waals surface area contributed by atoms with E-state index in [0.29, 0.717) is 31.3 Å². The fourth-order valence-electron chi connectivity index (χ4n) is 6.77. The van der Waals surface area contributed by atoms with Crippen LogP contribution in [0.5, 0.6) is 5.75 Å². The normalized spacial score (nSPS) is 30.2. The Kier molecular flexibility index (Phi) is 9.29. The minimum Gasteiger partial charge on any atom is -0.482 e. The molecule has 3 aliphatic rings. The fraction of sp³-hybridized carbons (Fsp3) is 0.724. The predicted molar refractivity (Wildman–Crippen MR) is 135 cm³/mol. The van der Waals surface area contributed by atoms with Crippen LogP contribution in [0.2, 0.25) is 0 Å². The van der Waals surface area contributed by atoms with Crippen molar-refractivity contribution in [3.8, 4) is 5.75 Å². The van der Waals surface area contributed by atoms with Crippen molar-refractivity contribution in [2.75, 3.05) is 13.2 Å². The number of carbonyl (C=O) groups is 2. The molecule has 0 aromatic heterocycles. The van der Waals surface area contributed by atoms with E-state index >= 15 is 0 Å². The van der Waals surface area contributed by atoms with Gasteiger partial charge in [0.05, 0.1) is 24.7 Å². The van der Waals surface area contributed by atoms with Crippen molar-refractivity contribution in [3.05, 3.63) is 29.3 Å². The molecule has 2 fully saturated rings. The first kappa shape index (κ1) is 26.9. The van der Waals surface area contributed by atoms with Crippen molar-refractivity contribution in [2.24, 2.45) is 29.6 Å². The monoisotopic (exact) mass is 502 g/mol. The number of carboxylic acids is 1. The first-order valence-electron chi connectivity index (χ1n) is 13.8. The first-order valence-corrected chi connectivity index (χ1v) is 13.8. The van der Waals surface area contributed by atoms with Crippen molar-refractivity contribution in [2.45, 2.75) is 89.8 Å². The van der Waals surface area contributed by atoms with Gasteiger partial charge in [0.15, 0.2) is 6.61 Å². The van der Waals surface area contributed by atoms with Crippen LogP contribution in [0.3, 0.4) is 0 Å². The van der Waals surface area contributed by atoms with Gasteiger partial charge in [0, 0.05) is 0 Å². The van der Waals surface area contributed by atoms with Crippen LogP contribution >= 0.6 is 0 Å². The molecule has 0 radical (unpaired) electrons. The molecule has 0 bridgehead atoms. The van der Waals surface area contributed by atoms with Gasteiger partial charge in [0.2, 0.25) is 0 Å². The molecule has 0 amide bonds. The molecule has 0 unspecified atom stereocenters. The van der Waals surface area contributed by atoms with Crippen LogP contribution < -0.4 is 4.74 Å². The summed E-state index contributed by atoms with van der Waals surface area (Å²) in [7, 11) is 0. The lowest BCUT2D eigenvalue weighted by Crippen LogP contribution is -2.28. The third-order valence-electron chi connectivity index (χ3n) is 8.82. The summed E-state index contributed by atoms with van der Waals surface area (Å²) in [6, 6.07) is 5.99. The quantitative estimate of drug-likeness (QED) is 0.390. The van der Waals surface area contributed by atoms with E-state index in [1.54, 1.807) is 0 Å². The lowest BCUT2D eigenvalue weighted by atomic mass is 9.73. The number of benzene rings is 1. The van der Waals surface area contributed by atoms with Crippen molar-refractivity contribution in [1.82, 2.24) is 0 Å². The van der Waals surface area contributed by atoms with Gasteiger partial charge in [0.25, 0.3) is 0 Å². The van der Waals surface area contributed by atoms with Gasteiger partial charge < -0.3 is 24.8 Å². The Balaban J connectivity index is 1.27. The average molecular weight is 503 g/mol. The van der Waals surface area contributed by atoms with Gasteiger partial charge in [-0.1, -0.05) is 25.5 Å². The number of aliphatic carboxylic acids is 1. The van der Waals surface area contributed by atoms with E-state index in [2.05, 4.69) is 13.0 Å². The Bertz CT molecular complexity index is 892. The molecule has 4 rings (SSSR count). The molecule has 0 aliphatic heterocycles. The highest BCUT2D eigenvalue weighted by Crippen LogP contribution is 2.48. The molecule has 0 heterocycles. The zero-order valence-corrected chi connectivity index (χ0v) is 21.4. The Morgan fingerprint density at radius 2 is 1.89 bits per heavy atom. The maximum atomic E-state index is 12.3. The Morgan fingerprint density at radius 1 is 1.11 bits per heavy atom. The summed E-state index contributed by atoms with van der Waals surface area (Å²) in [5, 5.41) is 30.1. The second kappa shape index (κ2) is 12.4. The number of aliphatic hydroxyl groups is 2. The Hall–Kier alpha value is -2.12. The third kappa shape index (κ3) is 6.60. The SMILES string of the molecule is CCC[C@H](O)CC[C@@H]1[C@H]2Cc3cccc(OCC(=O)OCC4CCC(C(=O)O)CC4)c3C[C@H]2C[C@H]1O. The van der Waals surface area contributed by atoms with E-state index in [4.69, 9.17) is 14.6 Å². The van der Waals surface area contributed by atoms with Crippen LogP contribution in [0.1, 0.15) is 75.8 Å². The van der Waals surface area contributed by atoms with Gasteiger partial charge >= 0.3 is 11.9 Å². The number of aliphatic hydroxyl groups excluding tert-OH is 2. The Morgan fingerprint density at radius 3 is 2.61 bits per heavy atom. The number of rotatable bonds is 11. The molecule has 3 N–H and O–H groups in total. The topological polar surface area (TPSA) is 113 Å². The maximum Gasteiger partial charge on any atom is 0.344 e. The molecular weight excluding hydrogens is 460 g/mol. The second-order valence-electron chi connectivity index (χ2n) is 11.2. The number of carbonyl (C=O) groups excluding carboxylic acids is 1. The van der Waals surface area contributed by atoms with E-state index in [1.807, 2.05) is 12.1 Å². The van der Waals surface area contributed by atoms with Crippen molar-refractivity contribution >= 4 is 11.9 Å². The summed E-state index contributed by atoms with van der Waals surface area (Å²) in [6.07, 6.45) is 8.11. The summed E-state index contributed by atoms with van der Waals surface area (Å²) in [5.41, 5.74) is 2.36.